The first-order chi connectivity index (χ1) is 19.0. The van der Waals surface area contributed by atoms with E-state index >= 15 is 0 Å². The van der Waals surface area contributed by atoms with E-state index in [2.05, 4.69) is 25.5 Å². The van der Waals surface area contributed by atoms with Crippen molar-refractivity contribution in [2.75, 3.05) is 11.9 Å². The van der Waals surface area contributed by atoms with Crippen molar-refractivity contribution in [2.24, 2.45) is 0 Å². The van der Waals surface area contributed by atoms with Crippen molar-refractivity contribution in [3.63, 3.8) is 0 Å². The van der Waals surface area contributed by atoms with Crippen LogP contribution in [0.3, 0.4) is 0 Å². The Hall–Kier alpha value is -5.20. The second kappa shape index (κ2) is 11.7. The van der Waals surface area contributed by atoms with Crippen molar-refractivity contribution >= 4 is 17.5 Å². The Bertz CT molecular complexity index is 1600. The largest absolute Gasteiger partial charge is 0.573 e. The maximum absolute atomic E-state index is 13.0. The van der Waals surface area contributed by atoms with Crippen molar-refractivity contribution in [2.45, 2.75) is 20.2 Å². The summed E-state index contributed by atoms with van der Waals surface area (Å²) in [5, 5.41) is 9.30. The van der Waals surface area contributed by atoms with Crippen LogP contribution in [0.5, 0.6) is 17.2 Å². The van der Waals surface area contributed by atoms with Gasteiger partial charge in [0.1, 0.15) is 22.9 Å². The van der Waals surface area contributed by atoms with Gasteiger partial charge in [-0.25, -0.2) is 0 Å². The Kier molecular flexibility index (Phi) is 8.12. The molecule has 40 heavy (non-hydrogen) atoms. The number of anilines is 1. The lowest BCUT2D eigenvalue weighted by atomic mass is 10.2. The van der Waals surface area contributed by atoms with Gasteiger partial charge < -0.3 is 20.1 Å². The van der Waals surface area contributed by atoms with E-state index in [1.54, 1.807) is 37.3 Å². The lowest BCUT2D eigenvalue weighted by Gasteiger charge is -2.15. The molecule has 4 rings (SSSR count). The van der Waals surface area contributed by atoms with Gasteiger partial charge in [-0.3, -0.25) is 19.4 Å². The van der Waals surface area contributed by atoms with Crippen LogP contribution in [0, 0.1) is 6.92 Å². The lowest BCUT2D eigenvalue weighted by molar-refractivity contribution is -0.274. The smallest absolute Gasteiger partial charge is 0.457 e. The van der Waals surface area contributed by atoms with E-state index < -0.39 is 23.6 Å². The highest BCUT2D eigenvalue weighted by molar-refractivity contribution is 6.03. The molecular formula is C27H22F3N5O5. The van der Waals surface area contributed by atoms with E-state index in [1.807, 2.05) is 0 Å². The van der Waals surface area contributed by atoms with E-state index in [4.69, 9.17) is 4.74 Å². The number of ether oxygens (including phenoxy) is 2. The molecule has 0 fully saturated rings. The summed E-state index contributed by atoms with van der Waals surface area (Å²) in [6.07, 6.45) is -3.55. The number of hydrogen-bond donors (Lipinski definition) is 2. The molecule has 2 heterocycles. The molecule has 0 atom stereocenters. The van der Waals surface area contributed by atoms with Gasteiger partial charge in [-0.2, -0.15) is 9.78 Å². The predicted octanol–water partition coefficient (Wildman–Crippen LogP) is 4.63. The van der Waals surface area contributed by atoms with Crippen LogP contribution in [0.1, 0.15) is 33.5 Å². The maximum atomic E-state index is 13.0. The summed E-state index contributed by atoms with van der Waals surface area (Å²) < 4.78 is 49.0. The summed E-state index contributed by atoms with van der Waals surface area (Å²) in [6.45, 7) is 3.72. The number of hydrogen-bond acceptors (Lipinski definition) is 7. The molecule has 4 aromatic rings. The number of para-hydroxylation sites is 2. The van der Waals surface area contributed by atoms with Crippen LogP contribution in [0.2, 0.25) is 0 Å². The highest BCUT2D eigenvalue weighted by atomic mass is 19.4. The third kappa shape index (κ3) is 6.81. The standard InChI is InChI=1S/C27H22F3N5O5/c1-3-31-25(37)20-15-19(12-13-32-20)39-18-10-8-17(9-11-18)33-26(38)24-16(2)14-23(36)35(34-24)21-6-4-5-7-22(21)40-27(28,29)30/h4-15H,3H2,1-2H3,(H,31,37)(H,33,38). The molecule has 0 bridgehead atoms. The summed E-state index contributed by atoms with van der Waals surface area (Å²) >= 11 is 0. The zero-order valence-electron chi connectivity index (χ0n) is 21.2. The minimum Gasteiger partial charge on any atom is -0.457 e. The number of rotatable bonds is 8. The molecule has 0 aliphatic heterocycles. The topological polar surface area (TPSA) is 124 Å². The number of benzene rings is 2. The molecule has 2 aromatic carbocycles. The van der Waals surface area contributed by atoms with Gasteiger partial charge in [0.15, 0.2) is 11.4 Å². The van der Waals surface area contributed by atoms with Crippen LogP contribution in [0.15, 0.2) is 77.7 Å². The van der Waals surface area contributed by atoms with E-state index in [9.17, 15) is 27.6 Å². The summed E-state index contributed by atoms with van der Waals surface area (Å²) in [7, 11) is 0. The minimum atomic E-state index is -5.00. The van der Waals surface area contributed by atoms with Gasteiger partial charge in [0.2, 0.25) is 0 Å². The molecule has 2 amide bonds. The number of nitrogens with zero attached hydrogens (tertiary/aromatic N) is 3. The predicted molar refractivity (Wildman–Crippen MR) is 138 cm³/mol. The number of aromatic nitrogens is 3. The number of alkyl halides is 3. The van der Waals surface area contributed by atoms with Crippen LogP contribution < -0.4 is 25.7 Å². The van der Waals surface area contributed by atoms with Crippen LogP contribution in [0.25, 0.3) is 5.69 Å². The molecule has 0 saturated carbocycles. The molecule has 2 aromatic heterocycles. The third-order valence-electron chi connectivity index (χ3n) is 5.31. The summed E-state index contributed by atoms with van der Waals surface area (Å²) in [5.74, 6) is -0.893. The van der Waals surface area contributed by atoms with Crippen molar-refractivity contribution in [1.29, 1.82) is 0 Å². The van der Waals surface area contributed by atoms with E-state index in [0.717, 1.165) is 12.1 Å². The minimum absolute atomic E-state index is 0.184. The molecular weight excluding hydrogens is 531 g/mol. The Morgan fingerprint density at radius 2 is 1.70 bits per heavy atom. The molecule has 0 saturated heterocycles. The first-order valence-corrected chi connectivity index (χ1v) is 11.8. The van der Waals surface area contributed by atoms with Gasteiger partial charge in [0.25, 0.3) is 17.4 Å². The number of aryl methyl sites for hydroxylation is 1. The zero-order valence-corrected chi connectivity index (χ0v) is 21.2. The molecule has 13 heteroatoms. The van der Waals surface area contributed by atoms with Crippen LogP contribution >= 0.6 is 0 Å². The molecule has 0 radical (unpaired) electrons. The molecule has 10 nitrogen and oxygen atoms in total. The zero-order chi connectivity index (χ0) is 28.9. The first-order valence-electron chi connectivity index (χ1n) is 11.8. The fourth-order valence-corrected chi connectivity index (χ4v) is 3.57. The van der Waals surface area contributed by atoms with Crippen molar-refractivity contribution in [3.05, 3.63) is 100 Å². The van der Waals surface area contributed by atoms with Gasteiger partial charge in [-0.15, -0.1) is 13.2 Å². The average Bonchev–Trinajstić information content (AvgIpc) is 2.90. The number of carbonyl (C=O) groups is 2. The second-order valence-corrected chi connectivity index (χ2v) is 8.26. The monoisotopic (exact) mass is 553 g/mol. The number of amides is 2. The average molecular weight is 553 g/mol. The molecule has 2 N–H and O–H groups in total. The number of nitrogens with one attached hydrogen (secondary N) is 2. The second-order valence-electron chi connectivity index (χ2n) is 8.26. The molecule has 0 aliphatic rings. The van der Waals surface area contributed by atoms with Crippen LogP contribution in [-0.4, -0.2) is 39.5 Å². The van der Waals surface area contributed by atoms with Gasteiger partial charge in [-0.1, -0.05) is 12.1 Å². The van der Waals surface area contributed by atoms with Gasteiger partial charge in [0.05, 0.1) is 0 Å². The number of halogens is 3. The van der Waals surface area contributed by atoms with E-state index in [-0.39, 0.29) is 28.5 Å². The molecule has 0 aliphatic carbocycles. The molecule has 206 valence electrons. The summed E-state index contributed by atoms with van der Waals surface area (Å²) in [6, 6.07) is 15.4. The van der Waals surface area contributed by atoms with Crippen molar-refractivity contribution in [1.82, 2.24) is 20.1 Å². The van der Waals surface area contributed by atoms with Crippen molar-refractivity contribution < 1.29 is 32.2 Å². The fraction of sp³-hybridized carbons (Fsp3) is 0.148. The summed E-state index contributed by atoms with van der Waals surface area (Å²) in [5.41, 5.74) is -0.452. The Morgan fingerprint density at radius 1 is 0.975 bits per heavy atom. The number of carbonyl (C=O) groups excluding carboxylic acids is 2. The van der Waals surface area contributed by atoms with E-state index in [1.165, 1.54) is 37.4 Å². The highest BCUT2D eigenvalue weighted by Gasteiger charge is 2.32. The Balaban J connectivity index is 1.52. The fourth-order valence-electron chi connectivity index (χ4n) is 3.57. The SMILES string of the molecule is CCNC(=O)c1cc(Oc2ccc(NC(=O)c3nn(-c4ccccc4OC(F)(F)F)c(=O)cc3C)cc2)ccn1. The summed E-state index contributed by atoms with van der Waals surface area (Å²) in [4.78, 5) is 41.6. The van der Waals surface area contributed by atoms with Gasteiger partial charge in [-0.05, 0) is 61.9 Å². The van der Waals surface area contributed by atoms with Crippen LogP contribution in [-0.2, 0) is 0 Å². The normalized spacial score (nSPS) is 11.0. The van der Waals surface area contributed by atoms with Crippen LogP contribution in [0.4, 0.5) is 18.9 Å². The Morgan fingerprint density at radius 3 is 2.40 bits per heavy atom. The number of pyridine rings is 1. The molecule has 0 unspecified atom stereocenters. The highest BCUT2D eigenvalue weighted by Crippen LogP contribution is 2.28. The van der Waals surface area contributed by atoms with E-state index in [0.29, 0.717) is 28.4 Å². The Labute approximate surface area is 225 Å². The third-order valence-corrected chi connectivity index (χ3v) is 5.31. The van der Waals surface area contributed by atoms with Gasteiger partial charge >= 0.3 is 6.36 Å². The quantitative estimate of drug-likeness (QED) is 0.326. The van der Waals surface area contributed by atoms with Gasteiger partial charge in [0, 0.05) is 30.6 Å². The maximum Gasteiger partial charge on any atom is 0.573 e. The van der Waals surface area contributed by atoms with Crippen molar-refractivity contribution in [3.8, 4) is 22.9 Å². The first kappa shape index (κ1) is 27.8. The lowest BCUT2D eigenvalue weighted by Crippen LogP contribution is -2.28. The molecule has 0 spiro atoms.